The van der Waals surface area contributed by atoms with Crippen molar-refractivity contribution >= 4 is 23.3 Å². The maximum absolute atomic E-state index is 10.6. The molecule has 1 amide bonds. The van der Waals surface area contributed by atoms with Crippen molar-refractivity contribution in [1.82, 2.24) is 5.32 Å². The van der Waals surface area contributed by atoms with Crippen molar-refractivity contribution in [2.45, 2.75) is 6.42 Å². The fourth-order valence-electron chi connectivity index (χ4n) is 0.735. The van der Waals surface area contributed by atoms with Crippen LogP contribution in [0.4, 0.5) is 0 Å². The van der Waals surface area contributed by atoms with Crippen molar-refractivity contribution in [2.24, 2.45) is 0 Å². The van der Waals surface area contributed by atoms with E-state index in [2.05, 4.69) is 5.32 Å². The fourth-order valence-corrected chi connectivity index (χ4v) is 0.879. The lowest BCUT2D eigenvalue weighted by Gasteiger charge is -2.09. The third kappa shape index (κ3) is 1.57. The van der Waals surface area contributed by atoms with Crippen LogP contribution < -0.4 is 5.32 Å². The second-order valence-electron chi connectivity index (χ2n) is 1.99. The summed E-state index contributed by atoms with van der Waals surface area (Å²) in [7, 11) is 0. The summed E-state index contributed by atoms with van der Waals surface area (Å²) in [5.74, 6) is -0.278. The lowest BCUT2D eigenvalue weighted by Crippen LogP contribution is -2.30. The van der Waals surface area contributed by atoms with Gasteiger partial charge in [0.2, 0.25) is 5.91 Å². The molecule has 4 heteroatoms. The monoisotopic (exact) mass is 159 g/mol. The number of hydrogen-bond donors (Lipinski definition) is 1. The molecule has 1 rings (SSSR count). The molecule has 0 aromatic rings. The number of allylic oxidation sites excluding steroid dienone is 2. The number of carbonyl (C=O) groups excluding carboxylic acids is 2. The molecule has 1 aliphatic heterocycles. The molecule has 0 bridgehead atoms. The SMILES string of the molecule is O=C1C=C(CCl)NC(=O)C1. The standard InChI is InChI=1S/C6H6ClNO2/c7-3-4-1-5(9)2-6(10)8-4/h1H,2-3H2,(H,8,10). The van der Waals surface area contributed by atoms with Crippen molar-refractivity contribution in [3.8, 4) is 0 Å². The molecule has 54 valence electrons. The number of alkyl halides is 1. The average Bonchev–Trinajstić information content (AvgIpc) is 1.85. The van der Waals surface area contributed by atoms with Gasteiger partial charge < -0.3 is 5.32 Å². The van der Waals surface area contributed by atoms with E-state index in [1.54, 1.807) is 0 Å². The zero-order chi connectivity index (χ0) is 7.56. The molecule has 0 saturated carbocycles. The van der Waals surface area contributed by atoms with Gasteiger partial charge in [0.05, 0.1) is 12.3 Å². The van der Waals surface area contributed by atoms with Crippen LogP contribution in [-0.4, -0.2) is 17.6 Å². The van der Waals surface area contributed by atoms with E-state index in [0.29, 0.717) is 5.70 Å². The molecule has 0 unspecified atom stereocenters. The van der Waals surface area contributed by atoms with Crippen LogP contribution in [-0.2, 0) is 9.59 Å². The number of ketones is 1. The maximum atomic E-state index is 10.6. The largest absolute Gasteiger partial charge is 0.328 e. The third-order valence-electron chi connectivity index (χ3n) is 1.11. The molecule has 0 spiro atoms. The molecule has 0 radical (unpaired) electrons. The number of rotatable bonds is 1. The summed E-state index contributed by atoms with van der Waals surface area (Å²) >= 11 is 5.38. The first kappa shape index (κ1) is 7.28. The fraction of sp³-hybridized carbons (Fsp3) is 0.333. The Kier molecular flexibility index (Phi) is 2.06. The van der Waals surface area contributed by atoms with Crippen molar-refractivity contribution in [3.05, 3.63) is 11.8 Å². The van der Waals surface area contributed by atoms with Crippen molar-refractivity contribution in [2.75, 3.05) is 5.88 Å². The molecule has 1 N–H and O–H groups in total. The molecule has 0 atom stereocenters. The Bertz CT molecular complexity index is 210. The predicted molar refractivity (Wildman–Crippen MR) is 36.6 cm³/mol. The van der Waals surface area contributed by atoms with Gasteiger partial charge in [-0.2, -0.15) is 0 Å². The molecule has 1 aliphatic rings. The summed E-state index contributed by atoms with van der Waals surface area (Å²) in [6.45, 7) is 0. The van der Waals surface area contributed by atoms with Gasteiger partial charge in [-0.05, 0) is 0 Å². The minimum atomic E-state index is -0.275. The number of carbonyl (C=O) groups is 2. The summed E-state index contributed by atoms with van der Waals surface area (Å²) in [5, 5.41) is 2.47. The number of amides is 1. The molecular formula is C6H6ClNO2. The highest BCUT2D eigenvalue weighted by Gasteiger charge is 2.14. The molecule has 0 saturated heterocycles. The molecule has 3 nitrogen and oxygen atoms in total. The zero-order valence-electron chi connectivity index (χ0n) is 5.19. The Hall–Kier alpha value is -0.830. The predicted octanol–water partition coefficient (Wildman–Crippen LogP) is 0.198. The molecular weight excluding hydrogens is 154 g/mol. The number of hydrogen-bond acceptors (Lipinski definition) is 2. The Balaban J connectivity index is 2.74. The highest BCUT2D eigenvalue weighted by molar-refractivity contribution is 6.20. The van der Waals surface area contributed by atoms with Gasteiger partial charge in [-0.3, -0.25) is 9.59 Å². The quantitative estimate of drug-likeness (QED) is 0.439. The van der Waals surface area contributed by atoms with Gasteiger partial charge in [0.15, 0.2) is 5.78 Å². The highest BCUT2D eigenvalue weighted by Crippen LogP contribution is 2.02. The van der Waals surface area contributed by atoms with Crippen LogP contribution in [0, 0.1) is 0 Å². The van der Waals surface area contributed by atoms with Crippen LogP contribution in [0.2, 0.25) is 0 Å². The van der Waals surface area contributed by atoms with E-state index in [0.717, 1.165) is 0 Å². The second-order valence-corrected chi connectivity index (χ2v) is 2.26. The van der Waals surface area contributed by atoms with Gasteiger partial charge in [0.1, 0.15) is 0 Å². The van der Waals surface area contributed by atoms with Gasteiger partial charge in [0.25, 0.3) is 0 Å². The number of nitrogens with one attached hydrogen (secondary N) is 1. The van der Waals surface area contributed by atoms with Crippen LogP contribution in [0.5, 0.6) is 0 Å². The van der Waals surface area contributed by atoms with Gasteiger partial charge in [-0.25, -0.2) is 0 Å². The van der Waals surface area contributed by atoms with E-state index >= 15 is 0 Å². The third-order valence-corrected chi connectivity index (χ3v) is 1.40. The zero-order valence-corrected chi connectivity index (χ0v) is 5.94. The second kappa shape index (κ2) is 2.84. The van der Waals surface area contributed by atoms with Gasteiger partial charge in [0, 0.05) is 11.8 Å². The lowest BCUT2D eigenvalue weighted by molar-refractivity contribution is -0.126. The van der Waals surface area contributed by atoms with E-state index < -0.39 is 0 Å². The number of halogens is 1. The smallest absolute Gasteiger partial charge is 0.231 e. The topological polar surface area (TPSA) is 46.2 Å². The molecule has 0 aromatic heterocycles. The van der Waals surface area contributed by atoms with Crippen LogP contribution in [0.15, 0.2) is 11.8 Å². The van der Waals surface area contributed by atoms with Crippen molar-refractivity contribution in [3.63, 3.8) is 0 Å². The molecule has 0 fully saturated rings. The minimum Gasteiger partial charge on any atom is -0.328 e. The molecule has 1 heterocycles. The summed E-state index contributed by atoms with van der Waals surface area (Å²) in [5.41, 5.74) is 0.489. The average molecular weight is 160 g/mol. The molecule has 0 aliphatic carbocycles. The molecule has 10 heavy (non-hydrogen) atoms. The summed E-state index contributed by atoms with van der Waals surface area (Å²) in [6.07, 6.45) is 1.30. The first-order valence-corrected chi connectivity index (χ1v) is 3.35. The Morgan fingerprint density at radius 3 is 2.80 bits per heavy atom. The van der Waals surface area contributed by atoms with Gasteiger partial charge in [-0.1, -0.05) is 0 Å². The Morgan fingerprint density at radius 2 is 2.30 bits per heavy atom. The normalized spacial score (nSPS) is 18.3. The van der Waals surface area contributed by atoms with Crippen LogP contribution in [0.1, 0.15) is 6.42 Å². The van der Waals surface area contributed by atoms with Crippen LogP contribution in [0.3, 0.4) is 0 Å². The first-order chi connectivity index (χ1) is 4.72. The van der Waals surface area contributed by atoms with Crippen molar-refractivity contribution < 1.29 is 9.59 Å². The summed E-state index contributed by atoms with van der Waals surface area (Å²) in [6, 6.07) is 0. The van der Waals surface area contributed by atoms with Crippen molar-refractivity contribution in [1.29, 1.82) is 0 Å². The van der Waals surface area contributed by atoms with E-state index in [1.807, 2.05) is 0 Å². The van der Waals surface area contributed by atoms with E-state index in [4.69, 9.17) is 11.6 Å². The Morgan fingerprint density at radius 1 is 1.60 bits per heavy atom. The minimum absolute atomic E-state index is 0.0552. The van der Waals surface area contributed by atoms with E-state index in [9.17, 15) is 9.59 Å². The van der Waals surface area contributed by atoms with E-state index in [1.165, 1.54) is 6.08 Å². The van der Waals surface area contributed by atoms with E-state index in [-0.39, 0.29) is 24.0 Å². The lowest BCUT2D eigenvalue weighted by atomic mass is 10.2. The van der Waals surface area contributed by atoms with Gasteiger partial charge >= 0.3 is 0 Å². The summed E-state index contributed by atoms with van der Waals surface area (Å²) in [4.78, 5) is 21.3. The van der Waals surface area contributed by atoms with Crippen LogP contribution >= 0.6 is 11.6 Å². The van der Waals surface area contributed by atoms with Gasteiger partial charge in [-0.15, -0.1) is 11.6 Å². The Labute approximate surface area is 63.0 Å². The highest BCUT2D eigenvalue weighted by atomic mass is 35.5. The van der Waals surface area contributed by atoms with Crippen LogP contribution in [0.25, 0.3) is 0 Å². The first-order valence-electron chi connectivity index (χ1n) is 2.81. The summed E-state index contributed by atoms with van der Waals surface area (Å²) < 4.78 is 0. The maximum Gasteiger partial charge on any atom is 0.231 e. The molecule has 0 aromatic carbocycles.